The van der Waals surface area contributed by atoms with Crippen molar-refractivity contribution in [2.75, 3.05) is 91.2 Å². The average Bonchev–Trinajstić information content (AvgIpc) is 3.84. The molecule has 4 aromatic carbocycles. The van der Waals surface area contributed by atoms with Gasteiger partial charge in [0.25, 0.3) is 0 Å². The third-order valence-electron chi connectivity index (χ3n) is 14.8. The maximum absolute atomic E-state index is 14.3. The highest BCUT2D eigenvalue weighted by atomic mass is 33.1. The van der Waals surface area contributed by atoms with Crippen LogP contribution in [0.2, 0.25) is 0 Å². The molecule has 3 unspecified atom stereocenters. The van der Waals surface area contributed by atoms with Crippen LogP contribution in [0.4, 0.5) is 11.4 Å². The number of ketones is 1. The number of ether oxygens (including phenoxy) is 6. The summed E-state index contributed by atoms with van der Waals surface area (Å²) in [5.74, 6) is 3.88. The van der Waals surface area contributed by atoms with E-state index in [-0.39, 0.29) is 34.9 Å². The standard InChI is InChI=1S/C62H84N4O8S2/c1-10-52(64-38-50-34-49-19-14-15-20-55(49)54(50)11-2)29-43(3)72-40-45-30-46(32-53(31-45)66(21-23-70-26-27-71-25-24-68-8)42-62(5,6)76-75-28-16-22-74-63-7)41-73-60-37-58-57(36-59(60)69-9)61(67)44(4)56-35-48-18-13-12-17-47(48)33-51(56)39-65-58/h12-15,17-20,29-32,36-37,39,44,50-51,54,56,63-64H,3,10-11,16,21-28,33-35,38,40-42H2,1-2,4-9H3/b52-29+,65-39-/t44?,50-,51-,54?,56?/m0/s1. The number of benzene rings is 4. The van der Waals surface area contributed by atoms with Gasteiger partial charge in [0.05, 0.1) is 52.4 Å². The Labute approximate surface area is 461 Å². The van der Waals surface area contributed by atoms with Gasteiger partial charge in [-0.3, -0.25) is 9.79 Å². The highest BCUT2D eigenvalue weighted by Gasteiger charge is 2.37. The van der Waals surface area contributed by atoms with E-state index >= 15 is 0 Å². The first-order chi connectivity index (χ1) is 36.9. The molecule has 0 aromatic heterocycles. The number of rotatable bonds is 32. The summed E-state index contributed by atoms with van der Waals surface area (Å²) in [6.45, 7) is 21.5. The molecular weight excluding hydrogens is 993 g/mol. The minimum Gasteiger partial charge on any atom is -0.493 e. The summed E-state index contributed by atoms with van der Waals surface area (Å²) < 4.78 is 36.1. The molecule has 0 saturated heterocycles. The molecule has 76 heavy (non-hydrogen) atoms. The minimum absolute atomic E-state index is 0.0802. The van der Waals surface area contributed by atoms with Crippen LogP contribution in [0.25, 0.3) is 0 Å². The van der Waals surface area contributed by atoms with Gasteiger partial charge < -0.3 is 43.5 Å². The predicted octanol–water partition coefficient (Wildman–Crippen LogP) is 12.3. The largest absolute Gasteiger partial charge is 0.493 e. The van der Waals surface area contributed by atoms with E-state index in [1.54, 1.807) is 21.3 Å². The van der Waals surface area contributed by atoms with Crippen LogP contribution < -0.4 is 25.2 Å². The average molecular weight is 1080 g/mol. The summed E-state index contributed by atoms with van der Waals surface area (Å²) in [6, 6.07) is 27.7. The van der Waals surface area contributed by atoms with E-state index in [9.17, 15) is 4.79 Å². The predicted molar refractivity (Wildman–Crippen MR) is 313 cm³/mol. The molecule has 2 N–H and O–H groups in total. The molecule has 2 aliphatic carbocycles. The van der Waals surface area contributed by atoms with E-state index < -0.39 is 0 Å². The van der Waals surface area contributed by atoms with Gasteiger partial charge in [-0.2, -0.15) is 0 Å². The number of allylic oxidation sites excluding steroid dienone is 2. The highest BCUT2D eigenvalue weighted by molar-refractivity contribution is 8.77. The molecule has 0 radical (unpaired) electrons. The van der Waals surface area contributed by atoms with Crippen LogP contribution in [-0.4, -0.2) is 103 Å². The fourth-order valence-corrected chi connectivity index (χ4v) is 13.4. The summed E-state index contributed by atoms with van der Waals surface area (Å²) in [5, 5.41) is 3.77. The number of methoxy groups -OCH3 is 2. The van der Waals surface area contributed by atoms with Gasteiger partial charge in [-0.25, -0.2) is 5.48 Å². The molecule has 12 nitrogen and oxygen atoms in total. The molecule has 0 spiro atoms. The third-order valence-corrected chi connectivity index (χ3v) is 18.2. The van der Waals surface area contributed by atoms with Crippen LogP contribution in [0.1, 0.15) is 104 Å². The molecule has 5 atom stereocenters. The molecule has 7 rings (SSSR count). The van der Waals surface area contributed by atoms with E-state index in [0.29, 0.717) is 93.1 Å². The summed E-state index contributed by atoms with van der Waals surface area (Å²) in [6.07, 6.45) is 9.84. The molecule has 4 aromatic rings. The number of Topliss-reactive ketones (excluding diaryl/α,β-unsaturated/α-hetero) is 1. The Morgan fingerprint density at radius 3 is 2.33 bits per heavy atom. The lowest BCUT2D eigenvalue weighted by Gasteiger charge is -2.35. The lowest BCUT2D eigenvalue weighted by Crippen LogP contribution is -2.38. The van der Waals surface area contributed by atoms with Crippen LogP contribution in [0.3, 0.4) is 0 Å². The monoisotopic (exact) mass is 1080 g/mol. The summed E-state index contributed by atoms with van der Waals surface area (Å²) in [4.78, 5) is 27.1. The Morgan fingerprint density at radius 2 is 1.59 bits per heavy atom. The quantitative estimate of drug-likeness (QED) is 0.0159. The number of hydrogen-bond acceptors (Lipinski definition) is 14. The molecule has 3 aliphatic rings. The van der Waals surface area contributed by atoms with E-state index in [2.05, 4.69) is 136 Å². The second-order valence-electron chi connectivity index (χ2n) is 20.8. The Hall–Kier alpha value is -4.80. The minimum atomic E-state index is -0.188. The number of aliphatic imine (C=N–C) groups is 1. The molecular formula is C62H84N4O8S2. The van der Waals surface area contributed by atoms with Crippen molar-refractivity contribution >= 4 is 45.0 Å². The first kappa shape index (κ1) is 58.9. The van der Waals surface area contributed by atoms with Crippen molar-refractivity contribution in [2.45, 2.75) is 97.0 Å². The molecule has 0 amide bonds. The van der Waals surface area contributed by atoms with Gasteiger partial charge in [-0.05, 0) is 134 Å². The van der Waals surface area contributed by atoms with Gasteiger partial charge in [-0.15, -0.1) is 0 Å². The third kappa shape index (κ3) is 16.6. The van der Waals surface area contributed by atoms with Crippen molar-refractivity contribution < 1.29 is 38.1 Å². The first-order valence-electron chi connectivity index (χ1n) is 27.4. The van der Waals surface area contributed by atoms with Crippen molar-refractivity contribution in [3.8, 4) is 11.5 Å². The number of carbonyl (C=O) groups is 1. The van der Waals surface area contributed by atoms with Crippen molar-refractivity contribution in [1.82, 2.24) is 10.8 Å². The van der Waals surface area contributed by atoms with Gasteiger partial charge in [0.15, 0.2) is 17.3 Å². The number of hydroxylamine groups is 1. The maximum atomic E-state index is 14.3. The fraction of sp³-hybridized carbons (Fsp3) is 0.516. The van der Waals surface area contributed by atoms with Crippen LogP contribution >= 0.6 is 21.6 Å². The number of hydrogen-bond donors (Lipinski definition) is 2. The summed E-state index contributed by atoms with van der Waals surface area (Å²) in [5.41, 5.74) is 13.6. The molecule has 1 aliphatic heterocycles. The van der Waals surface area contributed by atoms with E-state index in [1.165, 1.54) is 22.3 Å². The molecule has 0 fully saturated rings. The summed E-state index contributed by atoms with van der Waals surface area (Å²) in [7, 11) is 8.84. The van der Waals surface area contributed by atoms with Gasteiger partial charge >= 0.3 is 0 Å². The number of anilines is 1. The Balaban J connectivity index is 1.13. The SMILES string of the molecule is C=C(/C=C(\CC)NC[C@@H]1Cc2ccccc2C1CC)OCc1cc(COc2cc3c(cc2OC)C(=O)C(C)C2Cc4ccccc4C[C@H]2/C=N\3)cc(N(CCOCCOCCOC)CC(C)(C)SSCCCONC)c1. The molecule has 0 bridgehead atoms. The van der Waals surface area contributed by atoms with Crippen LogP contribution in [0, 0.1) is 23.7 Å². The molecule has 1 heterocycles. The van der Waals surface area contributed by atoms with Crippen LogP contribution in [0.5, 0.6) is 11.5 Å². The van der Waals surface area contributed by atoms with Crippen molar-refractivity contribution in [3.05, 3.63) is 142 Å². The zero-order chi connectivity index (χ0) is 53.9. The maximum Gasteiger partial charge on any atom is 0.168 e. The Kier molecular flexibility index (Phi) is 23.1. The van der Waals surface area contributed by atoms with Crippen molar-refractivity contribution in [2.24, 2.45) is 28.7 Å². The second kappa shape index (κ2) is 29.8. The van der Waals surface area contributed by atoms with E-state index in [4.69, 9.17) is 38.3 Å². The van der Waals surface area contributed by atoms with Gasteiger partial charge in [0, 0.05) is 85.4 Å². The van der Waals surface area contributed by atoms with E-state index in [1.807, 2.05) is 33.7 Å². The van der Waals surface area contributed by atoms with Crippen LogP contribution in [-0.2, 0) is 56.3 Å². The van der Waals surface area contributed by atoms with Gasteiger partial charge in [0.1, 0.15) is 19.0 Å². The van der Waals surface area contributed by atoms with Gasteiger partial charge in [-0.1, -0.05) is 97.5 Å². The number of fused-ring (bicyclic) bond motifs is 4. The number of nitrogens with zero attached hydrogens (tertiary/aromatic N) is 2. The summed E-state index contributed by atoms with van der Waals surface area (Å²) >= 11 is 0. The van der Waals surface area contributed by atoms with Gasteiger partial charge in [0.2, 0.25) is 0 Å². The van der Waals surface area contributed by atoms with Crippen molar-refractivity contribution in [3.63, 3.8) is 0 Å². The lowest BCUT2D eigenvalue weighted by atomic mass is 9.69. The fourth-order valence-electron chi connectivity index (χ4n) is 10.9. The molecule has 14 heteroatoms. The normalized spacial score (nSPS) is 19.4. The molecule has 412 valence electrons. The smallest absolute Gasteiger partial charge is 0.168 e. The first-order valence-corrected chi connectivity index (χ1v) is 29.7. The highest BCUT2D eigenvalue weighted by Crippen LogP contribution is 2.44. The zero-order valence-corrected chi connectivity index (χ0v) is 48.1. The lowest BCUT2D eigenvalue weighted by molar-refractivity contribution is 0.0264. The molecule has 0 saturated carbocycles. The number of carbonyl (C=O) groups excluding carboxylic acids is 1. The Bertz CT molecular complexity index is 2570. The number of nitrogens with one attached hydrogen (secondary N) is 2. The van der Waals surface area contributed by atoms with Crippen molar-refractivity contribution in [1.29, 1.82) is 0 Å². The van der Waals surface area contributed by atoms with E-state index in [0.717, 1.165) is 79.9 Å². The topological polar surface area (TPSA) is 121 Å². The zero-order valence-electron chi connectivity index (χ0n) is 46.5. The Morgan fingerprint density at radius 1 is 0.868 bits per heavy atom. The van der Waals surface area contributed by atoms with Crippen LogP contribution in [0.15, 0.2) is 108 Å². The second-order valence-corrected chi connectivity index (χ2v) is 23.9.